The molecule has 2 aromatic carbocycles. The zero-order valence-electron chi connectivity index (χ0n) is 16.5. The number of fused-ring (bicyclic) bond motifs is 1. The van der Waals surface area contributed by atoms with Crippen LogP contribution >= 0.6 is 0 Å². The predicted molar refractivity (Wildman–Crippen MR) is 111 cm³/mol. The van der Waals surface area contributed by atoms with Crippen molar-refractivity contribution in [1.29, 1.82) is 0 Å². The van der Waals surface area contributed by atoms with Gasteiger partial charge in [0.15, 0.2) is 0 Å². The molecule has 3 nitrogen and oxygen atoms in total. The Kier molecular flexibility index (Phi) is 5.31. The highest BCUT2D eigenvalue weighted by atomic mass is 16.5. The van der Waals surface area contributed by atoms with Crippen molar-refractivity contribution in [2.75, 3.05) is 0 Å². The first-order valence-electron chi connectivity index (χ1n) is 9.42. The topological polar surface area (TPSA) is 49.7 Å². The van der Waals surface area contributed by atoms with E-state index in [2.05, 4.69) is 33.8 Å². The van der Waals surface area contributed by atoms with Crippen molar-refractivity contribution in [3.8, 4) is 17.2 Å². The molecule has 1 aliphatic heterocycles. The summed E-state index contributed by atoms with van der Waals surface area (Å²) in [5.74, 6) is 1.35. The lowest BCUT2D eigenvalue weighted by Crippen LogP contribution is -2.33. The molecule has 0 saturated carbocycles. The zero-order chi connectivity index (χ0) is 19.6. The van der Waals surface area contributed by atoms with Gasteiger partial charge in [0.1, 0.15) is 22.8 Å². The highest BCUT2D eigenvalue weighted by molar-refractivity contribution is 5.75. The minimum absolute atomic E-state index is 0.238. The standard InChI is InChI=1S/C24H28O3/c1-16(2)5-12-21-22(26)15-18(9-6-17-7-10-19(25)11-8-17)20-13-14-24(3,4)27-23(20)21/h5-11,15,25-26H,12-14H2,1-4H3/b9-6+. The molecule has 1 aliphatic rings. The van der Waals surface area contributed by atoms with Crippen LogP contribution in [0.2, 0.25) is 0 Å². The third kappa shape index (κ3) is 4.54. The SMILES string of the molecule is CC(C)=CCc1c(O)cc(/C=C/c2ccc(O)cc2)c2c1OC(C)(C)CC2. The second-order valence-corrected chi connectivity index (χ2v) is 8.04. The van der Waals surface area contributed by atoms with Gasteiger partial charge in [-0.25, -0.2) is 0 Å². The fourth-order valence-electron chi connectivity index (χ4n) is 3.31. The summed E-state index contributed by atoms with van der Waals surface area (Å²) in [5.41, 5.74) is 4.96. The van der Waals surface area contributed by atoms with Crippen molar-refractivity contribution in [2.24, 2.45) is 0 Å². The number of allylic oxidation sites excluding steroid dienone is 2. The van der Waals surface area contributed by atoms with Crippen molar-refractivity contribution in [3.05, 3.63) is 64.2 Å². The van der Waals surface area contributed by atoms with Gasteiger partial charge in [-0.1, -0.05) is 35.9 Å². The Hall–Kier alpha value is -2.68. The lowest BCUT2D eigenvalue weighted by molar-refractivity contribution is 0.0830. The summed E-state index contributed by atoms with van der Waals surface area (Å²) < 4.78 is 6.32. The molecule has 2 N–H and O–H groups in total. The maximum atomic E-state index is 10.7. The van der Waals surface area contributed by atoms with Crippen molar-refractivity contribution >= 4 is 12.2 Å². The number of hydrogen-bond donors (Lipinski definition) is 2. The van der Waals surface area contributed by atoms with Crippen LogP contribution in [0.3, 0.4) is 0 Å². The Morgan fingerprint density at radius 3 is 2.48 bits per heavy atom. The number of phenolic OH excluding ortho intramolecular Hbond substituents is 2. The van der Waals surface area contributed by atoms with Gasteiger partial charge in [0.2, 0.25) is 0 Å². The highest BCUT2D eigenvalue weighted by Crippen LogP contribution is 2.43. The normalized spacial score (nSPS) is 15.3. The van der Waals surface area contributed by atoms with Gasteiger partial charge in [-0.15, -0.1) is 0 Å². The fraction of sp³-hybridized carbons (Fsp3) is 0.333. The van der Waals surface area contributed by atoms with Crippen LogP contribution in [-0.2, 0) is 12.8 Å². The second-order valence-electron chi connectivity index (χ2n) is 8.04. The van der Waals surface area contributed by atoms with E-state index in [-0.39, 0.29) is 17.1 Å². The first-order chi connectivity index (χ1) is 12.7. The monoisotopic (exact) mass is 364 g/mol. The second kappa shape index (κ2) is 7.51. The Morgan fingerprint density at radius 1 is 1.11 bits per heavy atom. The molecule has 0 aromatic heterocycles. The molecule has 0 aliphatic carbocycles. The van der Waals surface area contributed by atoms with Crippen molar-refractivity contribution in [2.45, 2.75) is 52.6 Å². The van der Waals surface area contributed by atoms with Crippen LogP contribution in [0.15, 0.2) is 42.0 Å². The summed E-state index contributed by atoms with van der Waals surface area (Å²) in [4.78, 5) is 0. The van der Waals surface area contributed by atoms with E-state index in [1.807, 2.05) is 30.4 Å². The first-order valence-corrected chi connectivity index (χ1v) is 9.42. The molecule has 142 valence electrons. The summed E-state index contributed by atoms with van der Waals surface area (Å²) in [6.45, 7) is 8.30. The zero-order valence-corrected chi connectivity index (χ0v) is 16.5. The Labute approximate surface area is 161 Å². The molecule has 1 heterocycles. The third-order valence-corrected chi connectivity index (χ3v) is 4.92. The largest absolute Gasteiger partial charge is 0.508 e. The van der Waals surface area contributed by atoms with Crippen LogP contribution < -0.4 is 4.74 Å². The number of ether oxygens (including phenoxy) is 1. The predicted octanol–water partition coefficient (Wildman–Crippen LogP) is 5.88. The van der Waals surface area contributed by atoms with Crippen LogP contribution in [0.5, 0.6) is 17.2 Å². The van der Waals surface area contributed by atoms with Crippen LogP contribution in [0, 0.1) is 0 Å². The summed E-state index contributed by atoms with van der Waals surface area (Å²) in [7, 11) is 0. The smallest absolute Gasteiger partial charge is 0.131 e. The van der Waals surface area contributed by atoms with E-state index in [0.29, 0.717) is 6.42 Å². The van der Waals surface area contributed by atoms with E-state index in [4.69, 9.17) is 4.74 Å². The van der Waals surface area contributed by atoms with Crippen molar-refractivity contribution in [1.82, 2.24) is 0 Å². The molecule has 3 heteroatoms. The Morgan fingerprint density at radius 2 is 1.81 bits per heavy atom. The molecule has 0 bridgehead atoms. The van der Waals surface area contributed by atoms with E-state index in [0.717, 1.165) is 40.8 Å². The van der Waals surface area contributed by atoms with E-state index >= 15 is 0 Å². The van der Waals surface area contributed by atoms with Gasteiger partial charge in [0, 0.05) is 11.1 Å². The van der Waals surface area contributed by atoms with Gasteiger partial charge in [-0.3, -0.25) is 0 Å². The van der Waals surface area contributed by atoms with Gasteiger partial charge in [-0.2, -0.15) is 0 Å². The molecule has 3 rings (SSSR count). The highest BCUT2D eigenvalue weighted by Gasteiger charge is 2.30. The average Bonchev–Trinajstić information content (AvgIpc) is 2.59. The van der Waals surface area contributed by atoms with Crippen molar-refractivity contribution in [3.63, 3.8) is 0 Å². The van der Waals surface area contributed by atoms with E-state index in [1.165, 1.54) is 5.57 Å². The number of benzene rings is 2. The van der Waals surface area contributed by atoms with E-state index < -0.39 is 0 Å². The summed E-state index contributed by atoms with van der Waals surface area (Å²) in [6.07, 6.45) is 8.63. The fourth-order valence-corrected chi connectivity index (χ4v) is 3.31. The van der Waals surface area contributed by atoms with Gasteiger partial charge < -0.3 is 14.9 Å². The summed E-state index contributed by atoms with van der Waals surface area (Å²) in [5, 5.41) is 20.1. The lowest BCUT2D eigenvalue weighted by Gasteiger charge is -2.35. The molecular weight excluding hydrogens is 336 g/mol. The Bertz CT molecular complexity index is 883. The minimum atomic E-state index is -0.238. The van der Waals surface area contributed by atoms with Gasteiger partial charge >= 0.3 is 0 Å². The molecule has 27 heavy (non-hydrogen) atoms. The maximum Gasteiger partial charge on any atom is 0.131 e. The number of phenols is 2. The van der Waals surface area contributed by atoms with Gasteiger partial charge in [-0.05, 0) is 76.3 Å². The molecular formula is C24H28O3. The van der Waals surface area contributed by atoms with Gasteiger partial charge in [0.25, 0.3) is 0 Å². The van der Waals surface area contributed by atoms with E-state index in [1.54, 1.807) is 12.1 Å². The quantitative estimate of drug-likeness (QED) is 0.526. The Balaban J connectivity index is 2.04. The maximum absolute atomic E-state index is 10.7. The molecule has 0 amide bonds. The molecule has 0 radical (unpaired) electrons. The third-order valence-electron chi connectivity index (χ3n) is 4.92. The molecule has 0 saturated heterocycles. The average molecular weight is 364 g/mol. The molecule has 2 aromatic rings. The molecule has 0 fully saturated rings. The van der Waals surface area contributed by atoms with Crippen LogP contribution in [-0.4, -0.2) is 15.8 Å². The number of hydrogen-bond acceptors (Lipinski definition) is 3. The number of rotatable bonds is 4. The minimum Gasteiger partial charge on any atom is -0.508 e. The summed E-state index contributed by atoms with van der Waals surface area (Å²) >= 11 is 0. The molecule has 0 unspecified atom stereocenters. The molecule has 0 atom stereocenters. The molecule has 0 spiro atoms. The van der Waals surface area contributed by atoms with Gasteiger partial charge in [0.05, 0.1) is 0 Å². The van der Waals surface area contributed by atoms with E-state index in [9.17, 15) is 10.2 Å². The first kappa shape index (κ1) is 19.1. The van der Waals surface area contributed by atoms with Crippen LogP contribution in [0.4, 0.5) is 0 Å². The summed E-state index contributed by atoms with van der Waals surface area (Å²) in [6, 6.07) is 8.90. The van der Waals surface area contributed by atoms with Crippen LogP contribution in [0.1, 0.15) is 56.4 Å². The number of aromatic hydroxyl groups is 2. The van der Waals surface area contributed by atoms with Crippen LogP contribution in [0.25, 0.3) is 12.2 Å². The van der Waals surface area contributed by atoms with Crippen molar-refractivity contribution < 1.29 is 14.9 Å². The lowest BCUT2D eigenvalue weighted by atomic mass is 9.88.